The van der Waals surface area contributed by atoms with E-state index < -0.39 is 0 Å². The molecule has 0 aliphatic rings. The van der Waals surface area contributed by atoms with E-state index in [9.17, 15) is 4.79 Å². The topological polar surface area (TPSA) is 56.2 Å². The molecule has 2 aromatic rings. The Bertz CT molecular complexity index is 605. The quantitative estimate of drug-likeness (QED) is 0.908. The van der Waals surface area contributed by atoms with E-state index in [1.165, 1.54) is 0 Å². The van der Waals surface area contributed by atoms with Crippen LogP contribution in [0.25, 0.3) is 0 Å². The lowest BCUT2D eigenvalue weighted by Gasteiger charge is -2.10. The second kappa shape index (κ2) is 6.23. The SMILES string of the molecule is CCn1nc(C)cc1C(=O)NCc1ccccc1OC. The van der Waals surface area contributed by atoms with Crippen molar-refractivity contribution in [2.24, 2.45) is 0 Å². The van der Waals surface area contributed by atoms with Crippen LogP contribution in [0.3, 0.4) is 0 Å². The van der Waals surface area contributed by atoms with Gasteiger partial charge < -0.3 is 10.1 Å². The highest BCUT2D eigenvalue weighted by Crippen LogP contribution is 2.16. The highest BCUT2D eigenvalue weighted by atomic mass is 16.5. The smallest absolute Gasteiger partial charge is 0.269 e. The number of carbonyl (C=O) groups excluding carboxylic acids is 1. The van der Waals surface area contributed by atoms with Gasteiger partial charge in [-0.1, -0.05) is 18.2 Å². The van der Waals surface area contributed by atoms with Crippen molar-refractivity contribution in [3.63, 3.8) is 0 Å². The Hall–Kier alpha value is -2.30. The summed E-state index contributed by atoms with van der Waals surface area (Å²) < 4.78 is 6.96. The maximum absolute atomic E-state index is 12.2. The fraction of sp³-hybridized carbons (Fsp3) is 0.333. The van der Waals surface area contributed by atoms with Gasteiger partial charge in [-0.25, -0.2) is 0 Å². The third kappa shape index (κ3) is 2.99. The number of nitrogens with one attached hydrogen (secondary N) is 1. The average Bonchev–Trinajstić information content (AvgIpc) is 2.86. The Labute approximate surface area is 118 Å². The molecule has 0 radical (unpaired) electrons. The fourth-order valence-electron chi connectivity index (χ4n) is 2.08. The average molecular weight is 273 g/mol. The van der Waals surface area contributed by atoms with Crippen molar-refractivity contribution in [2.45, 2.75) is 26.9 Å². The molecule has 20 heavy (non-hydrogen) atoms. The van der Waals surface area contributed by atoms with E-state index in [0.717, 1.165) is 17.0 Å². The number of rotatable bonds is 5. The number of aromatic nitrogens is 2. The number of nitrogens with zero attached hydrogens (tertiary/aromatic N) is 2. The van der Waals surface area contributed by atoms with Crippen LogP contribution in [0.5, 0.6) is 5.75 Å². The summed E-state index contributed by atoms with van der Waals surface area (Å²) in [7, 11) is 1.62. The highest BCUT2D eigenvalue weighted by molar-refractivity contribution is 5.92. The number of carbonyl (C=O) groups is 1. The lowest BCUT2D eigenvalue weighted by Crippen LogP contribution is -2.25. The summed E-state index contributed by atoms with van der Waals surface area (Å²) in [4.78, 5) is 12.2. The van der Waals surface area contributed by atoms with Crippen LogP contribution in [0.1, 0.15) is 28.7 Å². The summed E-state index contributed by atoms with van der Waals surface area (Å²) in [6, 6.07) is 9.43. The normalized spacial score (nSPS) is 10.3. The van der Waals surface area contributed by atoms with Crippen LogP contribution in [0.4, 0.5) is 0 Å². The Kier molecular flexibility index (Phi) is 4.40. The number of hydrogen-bond donors (Lipinski definition) is 1. The summed E-state index contributed by atoms with van der Waals surface area (Å²) in [5, 5.41) is 7.17. The largest absolute Gasteiger partial charge is 0.496 e. The van der Waals surface area contributed by atoms with Crippen LogP contribution in [-0.4, -0.2) is 22.8 Å². The Balaban J connectivity index is 2.08. The maximum atomic E-state index is 12.2. The van der Waals surface area contributed by atoms with Gasteiger partial charge in [0.25, 0.3) is 5.91 Å². The molecule has 1 N–H and O–H groups in total. The molecule has 0 unspecified atom stereocenters. The second-order valence-electron chi connectivity index (χ2n) is 4.48. The molecule has 0 bridgehead atoms. The molecule has 1 aromatic heterocycles. The van der Waals surface area contributed by atoms with Gasteiger partial charge in [-0.3, -0.25) is 9.48 Å². The monoisotopic (exact) mass is 273 g/mol. The molecule has 1 amide bonds. The van der Waals surface area contributed by atoms with Gasteiger partial charge in [-0.15, -0.1) is 0 Å². The van der Waals surface area contributed by atoms with Crippen molar-refractivity contribution >= 4 is 5.91 Å². The molecule has 5 heteroatoms. The van der Waals surface area contributed by atoms with Gasteiger partial charge >= 0.3 is 0 Å². The molecule has 0 aliphatic carbocycles. The van der Waals surface area contributed by atoms with Gasteiger partial charge in [0.05, 0.1) is 12.8 Å². The van der Waals surface area contributed by atoms with Crippen molar-refractivity contribution < 1.29 is 9.53 Å². The molecule has 2 rings (SSSR count). The number of amides is 1. The number of ether oxygens (including phenoxy) is 1. The number of aryl methyl sites for hydroxylation is 2. The number of methoxy groups -OCH3 is 1. The van der Waals surface area contributed by atoms with Crippen LogP contribution < -0.4 is 10.1 Å². The Morgan fingerprint density at radius 1 is 1.40 bits per heavy atom. The first-order valence-electron chi connectivity index (χ1n) is 6.60. The van der Waals surface area contributed by atoms with Gasteiger partial charge in [-0.05, 0) is 26.0 Å². The Morgan fingerprint density at radius 2 is 2.15 bits per heavy atom. The first-order chi connectivity index (χ1) is 9.65. The van der Waals surface area contributed by atoms with Crippen molar-refractivity contribution in [1.29, 1.82) is 0 Å². The first kappa shape index (κ1) is 14.1. The standard InChI is InChI=1S/C15H19N3O2/c1-4-18-13(9-11(2)17-18)15(19)16-10-12-7-5-6-8-14(12)20-3/h5-9H,4,10H2,1-3H3,(H,16,19). The highest BCUT2D eigenvalue weighted by Gasteiger charge is 2.13. The fourth-order valence-corrected chi connectivity index (χ4v) is 2.08. The van der Waals surface area contributed by atoms with Crippen LogP contribution in [0.15, 0.2) is 30.3 Å². The molecule has 0 aliphatic heterocycles. The molecule has 0 spiro atoms. The molecular weight excluding hydrogens is 254 g/mol. The van der Waals surface area contributed by atoms with Gasteiger partial charge in [0.15, 0.2) is 0 Å². The summed E-state index contributed by atoms with van der Waals surface area (Å²) >= 11 is 0. The number of benzene rings is 1. The third-order valence-corrected chi connectivity index (χ3v) is 3.07. The van der Waals surface area contributed by atoms with E-state index >= 15 is 0 Å². The minimum absolute atomic E-state index is 0.127. The summed E-state index contributed by atoms with van der Waals surface area (Å²) in [5.41, 5.74) is 2.37. The van der Waals surface area contributed by atoms with Crippen molar-refractivity contribution in [3.8, 4) is 5.75 Å². The first-order valence-corrected chi connectivity index (χ1v) is 6.60. The minimum atomic E-state index is -0.127. The zero-order valence-electron chi connectivity index (χ0n) is 12.0. The van der Waals surface area contributed by atoms with Gasteiger partial charge in [0, 0.05) is 18.7 Å². The van der Waals surface area contributed by atoms with Crippen molar-refractivity contribution in [2.75, 3.05) is 7.11 Å². The van der Waals surface area contributed by atoms with Crippen LogP contribution in [0, 0.1) is 6.92 Å². The molecule has 106 valence electrons. The predicted molar refractivity (Wildman–Crippen MR) is 76.8 cm³/mol. The predicted octanol–water partition coefficient (Wildman–Crippen LogP) is 2.15. The molecule has 5 nitrogen and oxygen atoms in total. The van der Waals surface area contributed by atoms with Crippen LogP contribution in [-0.2, 0) is 13.1 Å². The van der Waals surface area contributed by atoms with Crippen molar-refractivity contribution in [3.05, 3.63) is 47.3 Å². The Morgan fingerprint density at radius 3 is 2.85 bits per heavy atom. The molecule has 1 heterocycles. The second-order valence-corrected chi connectivity index (χ2v) is 4.48. The van der Waals surface area contributed by atoms with E-state index in [0.29, 0.717) is 18.8 Å². The van der Waals surface area contributed by atoms with E-state index in [4.69, 9.17) is 4.74 Å². The van der Waals surface area contributed by atoms with Crippen molar-refractivity contribution in [1.82, 2.24) is 15.1 Å². The van der Waals surface area contributed by atoms with Gasteiger partial charge in [0.1, 0.15) is 11.4 Å². The van der Waals surface area contributed by atoms with E-state index in [1.54, 1.807) is 17.9 Å². The lowest BCUT2D eigenvalue weighted by atomic mass is 10.2. The molecule has 0 saturated heterocycles. The summed E-state index contributed by atoms with van der Waals surface area (Å²) in [6.07, 6.45) is 0. The lowest BCUT2D eigenvalue weighted by molar-refractivity contribution is 0.0940. The summed E-state index contributed by atoms with van der Waals surface area (Å²) in [5.74, 6) is 0.645. The molecule has 0 saturated carbocycles. The zero-order chi connectivity index (χ0) is 14.5. The molecule has 0 atom stereocenters. The van der Waals surface area contributed by atoms with Gasteiger partial charge in [-0.2, -0.15) is 5.10 Å². The molecule has 0 fully saturated rings. The minimum Gasteiger partial charge on any atom is -0.496 e. The van der Waals surface area contributed by atoms with Gasteiger partial charge in [0.2, 0.25) is 0 Å². The molecule has 1 aromatic carbocycles. The maximum Gasteiger partial charge on any atom is 0.269 e. The zero-order valence-corrected chi connectivity index (χ0v) is 12.0. The van der Waals surface area contributed by atoms with E-state index in [2.05, 4.69) is 10.4 Å². The number of hydrogen-bond acceptors (Lipinski definition) is 3. The number of para-hydroxylation sites is 1. The van der Waals surface area contributed by atoms with E-state index in [1.807, 2.05) is 38.1 Å². The molecular formula is C15H19N3O2. The van der Waals surface area contributed by atoms with Crippen LogP contribution in [0.2, 0.25) is 0 Å². The van der Waals surface area contributed by atoms with Crippen LogP contribution >= 0.6 is 0 Å². The third-order valence-electron chi connectivity index (χ3n) is 3.07. The summed E-state index contributed by atoms with van der Waals surface area (Å²) in [6.45, 7) is 4.94. The van der Waals surface area contributed by atoms with E-state index in [-0.39, 0.29) is 5.91 Å².